The van der Waals surface area contributed by atoms with E-state index in [1.165, 1.54) is 16.3 Å². The number of nitrogens with zero attached hydrogens (tertiary/aromatic N) is 1. The van der Waals surface area contributed by atoms with Crippen LogP contribution in [0.4, 0.5) is 0 Å². The van der Waals surface area contributed by atoms with Crippen molar-refractivity contribution in [2.24, 2.45) is 0 Å². The molecule has 1 atom stereocenters. The first-order chi connectivity index (χ1) is 12.5. The number of benzene rings is 2. The van der Waals surface area contributed by atoms with Crippen LogP contribution in [-0.2, 0) is 22.9 Å². The lowest BCUT2D eigenvalue weighted by Crippen LogP contribution is -2.41. The minimum atomic E-state index is -3.55. The van der Waals surface area contributed by atoms with E-state index in [4.69, 9.17) is 9.47 Å². The Morgan fingerprint density at radius 2 is 1.77 bits per heavy atom. The topological polar surface area (TPSA) is 55.8 Å². The van der Waals surface area contributed by atoms with Crippen LogP contribution in [0.25, 0.3) is 0 Å². The number of aryl methyl sites for hydroxylation is 2. The molecule has 0 unspecified atom stereocenters. The van der Waals surface area contributed by atoms with Crippen LogP contribution >= 0.6 is 0 Å². The summed E-state index contributed by atoms with van der Waals surface area (Å²) in [6.45, 7) is 0.578. The fourth-order valence-corrected chi connectivity index (χ4v) is 4.84. The maximum Gasteiger partial charge on any atom is 0.242 e. The van der Waals surface area contributed by atoms with Gasteiger partial charge in [-0.15, -0.1) is 0 Å². The van der Waals surface area contributed by atoms with Gasteiger partial charge < -0.3 is 9.47 Å². The molecule has 2 aromatic carbocycles. The highest BCUT2D eigenvalue weighted by Gasteiger charge is 2.28. The van der Waals surface area contributed by atoms with Crippen molar-refractivity contribution in [3.05, 3.63) is 53.6 Å². The highest BCUT2D eigenvalue weighted by atomic mass is 32.2. The average Bonchev–Trinajstić information content (AvgIpc) is 2.67. The average molecular weight is 373 g/mol. The van der Waals surface area contributed by atoms with E-state index >= 15 is 0 Å². The fourth-order valence-electron chi connectivity index (χ4n) is 3.59. The number of rotatable bonds is 4. The minimum absolute atomic E-state index is 0.244. The Bertz CT molecular complexity index is 910. The number of para-hydroxylation sites is 2. The van der Waals surface area contributed by atoms with E-state index in [1.807, 2.05) is 36.4 Å². The first-order valence-corrected chi connectivity index (χ1v) is 10.4. The largest absolute Gasteiger partial charge is 0.486 e. The fraction of sp³-hybridized carbons (Fsp3) is 0.400. The summed E-state index contributed by atoms with van der Waals surface area (Å²) in [5, 5.41) is 0. The molecule has 0 fully saturated rings. The lowest BCUT2D eigenvalue weighted by molar-refractivity contribution is 0.0798. The van der Waals surface area contributed by atoms with Gasteiger partial charge in [-0.05, 0) is 61.1 Å². The third-order valence-corrected chi connectivity index (χ3v) is 6.88. The summed E-state index contributed by atoms with van der Waals surface area (Å²) in [6.07, 6.45) is 3.97. The van der Waals surface area contributed by atoms with Crippen molar-refractivity contribution in [1.29, 1.82) is 0 Å². The van der Waals surface area contributed by atoms with Crippen LogP contribution in [0.2, 0.25) is 0 Å². The molecular formula is C20H23NO4S. The molecule has 2 aromatic rings. The summed E-state index contributed by atoms with van der Waals surface area (Å²) >= 11 is 0. The van der Waals surface area contributed by atoms with Crippen LogP contribution < -0.4 is 9.47 Å². The molecule has 5 nitrogen and oxygen atoms in total. The molecule has 0 amide bonds. The molecule has 0 N–H and O–H groups in total. The molecule has 1 aliphatic heterocycles. The summed E-state index contributed by atoms with van der Waals surface area (Å²) in [7, 11) is -1.96. The van der Waals surface area contributed by atoms with E-state index < -0.39 is 10.0 Å². The molecule has 0 bridgehead atoms. The molecule has 26 heavy (non-hydrogen) atoms. The molecule has 0 saturated carbocycles. The monoisotopic (exact) mass is 373 g/mol. The van der Waals surface area contributed by atoms with E-state index in [2.05, 4.69) is 0 Å². The quantitative estimate of drug-likeness (QED) is 0.827. The van der Waals surface area contributed by atoms with Crippen molar-refractivity contribution in [2.45, 2.75) is 36.7 Å². The summed E-state index contributed by atoms with van der Waals surface area (Å²) in [5.41, 5.74) is 2.44. The molecule has 1 aliphatic carbocycles. The van der Waals surface area contributed by atoms with Crippen LogP contribution in [0.1, 0.15) is 24.0 Å². The van der Waals surface area contributed by atoms with Crippen molar-refractivity contribution in [1.82, 2.24) is 4.31 Å². The van der Waals surface area contributed by atoms with Gasteiger partial charge in [0.2, 0.25) is 10.0 Å². The van der Waals surface area contributed by atoms with E-state index in [0.29, 0.717) is 23.0 Å². The van der Waals surface area contributed by atoms with Crippen molar-refractivity contribution in [3.63, 3.8) is 0 Å². The third-order valence-electron chi connectivity index (χ3n) is 5.06. The Kier molecular flexibility index (Phi) is 4.63. The SMILES string of the molecule is CN(C[C@H]1COc2ccccc2O1)S(=O)(=O)c1ccc2c(c1)CCCC2. The summed E-state index contributed by atoms with van der Waals surface area (Å²) in [6, 6.07) is 13.0. The molecule has 4 rings (SSSR count). The Labute approximate surface area is 154 Å². The number of likely N-dealkylation sites (N-methyl/N-ethyl adjacent to an activating group) is 1. The van der Waals surface area contributed by atoms with Crippen LogP contribution in [0.15, 0.2) is 47.4 Å². The summed E-state index contributed by atoms with van der Waals surface area (Å²) in [4.78, 5) is 0.359. The van der Waals surface area contributed by atoms with Gasteiger partial charge in [-0.2, -0.15) is 4.31 Å². The third kappa shape index (κ3) is 3.31. The van der Waals surface area contributed by atoms with Gasteiger partial charge in [0.1, 0.15) is 12.7 Å². The van der Waals surface area contributed by atoms with Gasteiger partial charge in [-0.25, -0.2) is 8.42 Å². The van der Waals surface area contributed by atoms with E-state index in [1.54, 1.807) is 13.1 Å². The molecule has 2 aliphatic rings. The number of ether oxygens (including phenoxy) is 2. The second-order valence-corrected chi connectivity index (χ2v) is 8.97. The van der Waals surface area contributed by atoms with E-state index in [0.717, 1.165) is 24.8 Å². The zero-order valence-electron chi connectivity index (χ0n) is 14.8. The van der Waals surface area contributed by atoms with Gasteiger partial charge in [0.25, 0.3) is 0 Å². The molecule has 0 aromatic heterocycles. The molecule has 6 heteroatoms. The molecular weight excluding hydrogens is 350 g/mol. The van der Waals surface area contributed by atoms with Crippen molar-refractivity contribution < 1.29 is 17.9 Å². The zero-order chi connectivity index (χ0) is 18.1. The minimum Gasteiger partial charge on any atom is -0.486 e. The van der Waals surface area contributed by atoms with Crippen LogP contribution in [0.5, 0.6) is 11.5 Å². The molecule has 0 saturated heterocycles. The Morgan fingerprint density at radius 1 is 1.04 bits per heavy atom. The molecule has 0 spiro atoms. The predicted molar refractivity (Wildman–Crippen MR) is 99.3 cm³/mol. The van der Waals surface area contributed by atoms with Gasteiger partial charge in [0, 0.05) is 7.05 Å². The highest BCUT2D eigenvalue weighted by Crippen LogP contribution is 2.31. The number of hydrogen-bond acceptors (Lipinski definition) is 4. The number of hydrogen-bond donors (Lipinski definition) is 0. The second-order valence-electron chi connectivity index (χ2n) is 6.92. The maximum atomic E-state index is 13.0. The lowest BCUT2D eigenvalue weighted by atomic mass is 9.92. The number of sulfonamides is 1. The van der Waals surface area contributed by atoms with Crippen molar-refractivity contribution in [3.8, 4) is 11.5 Å². The van der Waals surface area contributed by atoms with Gasteiger partial charge in [-0.3, -0.25) is 0 Å². The smallest absolute Gasteiger partial charge is 0.242 e. The zero-order valence-corrected chi connectivity index (χ0v) is 15.7. The highest BCUT2D eigenvalue weighted by molar-refractivity contribution is 7.89. The first-order valence-electron chi connectivity index (χ1n) is 9.01. The van der Waals surface area contributed by atoms with Crippen LogP contribution in [0, 0.1) is 0 Å². The van der Waals surface area contributed by atoms with E-state index in [-0.39, 0.29) is 12.6 Å². The Hall–Kier alpha value is -2.05. The molecule has 1 heterocycles. The number of fused-ring (bicyclic) bond motifs is 2. The van der Waals surface area contributed by atoms with E-state index in [9.17, 15) is 8.42 Å². The standard InChI is InChI=1S/C20H23NO4S/c1-21(13-17-14-24-19-8-4-5-9-20(19)25-17)26(22,23)18-11-10-15-6-2-3-7-16(15)12-18/h4-5,8-12,17H,2-3,6-7,13-14H2,1H3/t17-/m0/s1. The van der Waals surface area contributed by atoms with Gasteiger partial charge in [-0.1, -0.05) is 18.2 Å². The second kappa shape index (κ2) is 6.93. The van der Waals surface area contributed by atoms with Crippen LogP contribution in [-0.4, -0.2) is 39.0 Å². The molecule has 138 valence electrons. The Balaban J connectivity index is 1.50. The van der Waals surface area contributed by atoms with Gasteiger partial charge in [0.15, 0.2) is 11.5 Å². The summed E-state index contributed by atoms with van der Waals surface area (Å²) in [5.74, 6) is 1.35. The first kappa shape index (κ1) is 17.4. The lowest BCUT2D eigenvalue weighted by Gasteiger charge is -2.29. The van der Waals surface area contributed by atoms with Gasteiger partial charge >= 0.3 is 0 Å². The molecule has 0 radical (unpaired) electrons. The Morgan fingerprint density at radius 3 is 2.58 bits per heavy atom. The normalized spacial score (nSPS) is 19.2. The maximum absolute atomic E-state index is 13.0. The van der Waals surface area contributed by atoms with Crippen molar-refractivity contribution >= 4 is 10.0 Å². The van der Waals surface area contributed by atoms with Crippen LogP contribution in [0.3, 0.4) is 0 Å². The summed E-state index contributed by atoms with van der Waals surface area (Å²) < 4.78 is 38.9. The van der Waals surface area contributed by atoms with Gasteiger partial charge in [0.05, 0.1) is 11.4 Å². The van der Waals surface area contributed by atoms with Crippen molar-refractivity contribution in [2.75, 3.05) is 20.2 Å². The predicted octanol–water partition coefficient (Wildman–Crippen LogP) is 3.03.